The lowest BCUT2D eigenvalue weighted by Crippen LogP contribution is -2.16. The number of carbonyl (C=O) groups excluding carboxylic acids is 1. The summed E-state index contributed by atoms with van der Waals surface area (Å²) >= 11 is 0. The number of amides is 1. The van der Waals surface area contributed by atoms with Gasteiger partial charge in [0.2, 0.25) is 9.84 Å². The number of benzene rings is 1. The first kappa shape index (κ1) is 17.8. The van der Waals surface area contributed by atoms with Crippen LogP contribution in [0.1, 0.15) is 19.4 Å². The second kappa shape index (κ2) is 7.17. The lowest BCUT2D eigenvalue weighted by atomic mass is 10.2. The number of rotatable bonds is 4. The number of primary amides is 1. The number of carbonyl (C=O) groups is 1. The number of ether oxygens (including phenoxy) is 3. The van der Waals surface area contributed by atoms with E-state index in [2.05, 4.69) is 4.74 Å². The lowest BCUT2D eigenvalue weighted by molar-refractivity contribution is 0.168. The van der Waals surface area contributed by atoms with E-state index in [9.17, 15) is 13.2 Å². The van der Waals surface area contributed by atoms with Crippen molar-refractivity contribution in [2.24, 2.45) is 5.73 Å². The van der Waals surface area contributed by atoms with Crippen LogP contribution in [0.15, 0.2) is 21.9 Å². The van der Waals surface area contributed by atoms with E-state index < -0.39 is 22.5 Å². The fraction of sp³-hybridized carbons (Fsp3) is 0.357. The maximum Gasteiger partial charge on any atom is 0.404 e. The zero-order valence-electron chi connectivity index (χ0n) is 12.9. The van der Waals surface area contributed by atoms with Crippen molar-refractivity contribution in [1.82, 2.24) is 0 Å². The Morgan fingerprint density at radius 3 is 2.18 bits per heavy atom. The SMILES string of the molecule is CC.COc1cc2c(cc1OC)S(=O)(=O)C(COC(N)=O)=C2. The van der Waals surface area contributed by atoms with Crippen LogP contribution in [0.3, 0.4) is 0 Å². The highest BCUT2D eigenvalue weighted by Gasteiger charge is 2.32. The van der Waals surface area contributed by atoms with Gasteiger partial charge in [-0.2, -0.15) is 0 Å². The molecule has 0 radical (unpaired) electrons. The Morgan fingerprint density at radius 1 is 1.14 bits per heavy atom. The number of methoxy groups -OCH3 is 2. The molecule has 2 N–H and O–H groups in total. The van der Waals surface area contributed by atoms with E-state index in [4.69, 9.17) is 15.2 Å². The molecule has 0 unspecified atom stereocenters. The Hall–Kier alpha value is -2.22. The molecule has 0 saturated heterocycles. The van der Waals surface area contributed by atoms with Crippen LogP contribution in [0.2, 0.25) is 0 Å². The Morgan fingerprint density at radius 2 is 1.68 bits per heavy atom. The van der Waals surface area contributed by atoms with E-state index in [1.165, 1.54) is 26.4 Å². The molecule has 22 heavy (non-hydrogen) atoms. The lowest BCUT2D eigenvalue weighted by Gasteiger charge is -2.09. The van der Waals surface area contributed by atoms with Gasteiger partial charge in [0.15, 0.2) is 11.5 Å². The van der Waals surface area contributed by atoms with Gasteiger partial charge < -0.3 is 19.9 Å². The van der Waals surface area contributed by atoms with Gasteiger partial charge in [-0.15, -0.1) is 0 Å². The third kappa shape index (κ3) is 3.33. The standard InChI is InChI=1S/C12H13NO6S.C2H6/c1-17-9-4-7-3-8(6-19-12(13)14)20(15,16)11(7)5-10(9)18-2;1-2/h3-5H,6H2,1-2H3,(H2,13,14);1-2H3. The first-order valence-corrected chi connectivity index (χ1v) is 8.02. The van der Waals surface area contributed by atoms with Gasteiger partial charge >= 0.3 is 6.09 Å². The largest absolute Gasteiger partial charge is 0.493 e. The minimum atomic E-state index is -3.71. The monoisotopic (exact) mass is 329 g/mol. The molecular weight excluding hydrogens is 310 g/mol. The molecule has 8 heteroatoms. The van der Waals surface area contributed by atoms with Crippen molar-refractivity contribution >= 4 is 22.0 Å². The molecule has 1 aliphatic heterocycles. The van der Waals surface area contributed by atoms with Gasteiger partial charge in [-0.05, 0) is 17.7 Å². The van der Waals surface area contributed by atoms with Crippen LogP contribution in [0.25, 0.3) is 6.08 Å². The summed E-state index contributed by atoms with van der Waals surface area (Å²) in [5, 5.41) is 0. The highest BCUT2D eigenvalue weighted by Crippen LogP contribution is 2.40. The first-order chi connectivity index (χ1) is 10.4. The van der Waals surface area contributed by atoms with E-state index in [-0.39, 0.29) is 9.80 Å². The Bertz CT molecular complexity index is 694. The van der Waals surface area contributed by atoms with Crippen LogP contribution in [0.4, 0.5) is 4.79 Å². The smallest absolute Gasteiger partial charge is 0.404 e. The highest BCUT2D eigenvalue weighted by molar-refractivity contribution is 7.95. The van der Waals surface area contributed by atoms with E-state index in [0.29, 0.717) is 17.1 Å². The number of sulfone groups is 1. The van der Waals surface area contributed by atoms with Gasteiger partial charge in [-0.25, -0.2) is 13.2 Å². The summed E-state index contributed by atoms with van der Waals surface area (Å²) in [5.41, 5.74) is 5.28. The summed E-state index contributed by atoms with van der Waals surface area (Å²) in [4.78, 5) is 10.6. The molecule has 1 amide bonds. The molecule has 0 aliphatic carbocycles. The maximum absolute atomic E-state index is 12.3. The number of nitrogens with two attached hydrogens (primary N) is 1. The van der Waals surface area contributed by atoms with Crippen molar-refractivity contribution < 1.29 is 27.4 Å². The fourth-order valence-electron chi connectivity index (χ4n) is 1.88. The predicted molar refractivity (Wildman–Crippen MR) is 81.6 cm³/mol. The van der Waals surface area contributed by atoms with Crippen LogP contribution >= 0.6 is 0 Å². The van der Waals surface area contributed by atoms with Crippen molar-refractivity contribution in [2.75, 3.05) is 20.8 Å². The van der Waals surface area contributed by atoms with Crippen molar-refractivity contribution in [3.63, 3.8) is 0 Å². The van der Waals surface area contributed by atoms with E-state index in [1.54, 1.807) is 6.07 Å². The molecule has 1 aliphatic rings. The molecule has 2 rings (SSSR count). The van der Waals surface area contributed by atoms with Gasteiger partial charge in [0.25, 0.3) is 0 Å². The molecular formula is C14H19NO6S. The summed E-state index contributed by atoms with van der Waals surface area (Å²) in [7, 11) is -0.841. The van der Waals surface area contributed by atoms with Gasteiger partial charge in [-0.3, -0.25) is 0 Å². The molecule has 0 bridgehead atoms. The van der Waals surface area contributed by atoms with Crippen LogP contribution < -0.4 is 15.2 Å². The van der Waals surface area contributed by atoms with Crippen LogP contribution in [0.5, 0.6) is 11.5 Å². The summed E-state index contributed by atoms with van der Waals surface area (Å²) in [5.74, 6) is 0.718. The number of hydrogen-bond acceptors (Lipinski definition) is 6. The van der Waals surface area contributed by atoms with Crippen molar-refractivity contribution in [1.29, 1.82) is 0 Å². The second-order valence-corrected chi connectivity index (χ2v) is 5.94. The highest BCUT2D eigenvalue weighted by atomic mass is 32.2. The molecule has 1 aromatic carbocycles. The Kier molecular flexibility index (Phi) is 5.81. The van der Waals surface area contributed by atoms with Gasteiger partial charge in [0.05, 0.1) is 24.0 Å². The molecule has 0 aromatic heterocycles. The minimum absolute atomic E-state index is 0.0402. The van der Waals surface area contributed by atoms with Crippen molar-refractivity contribution in [2.45, 2.75) is 18.7 Å². The van der Waals surface area contributed by atoms with Gasteiger partial charge in [0, 0.05) is 6.07 Å². The summed E-state index contributed by atoms with van der Waals surface area (Å²) in [6, 6.07) is 2.92. The topological polar surface area (TPSA) is 105 Å². The summed E-state index contributed by atoms with van der Waals surface area (Å²) in [6.07, 6.45) is 0.377. The van der Waals surface area contributed by atoms with Crippen LogP contribution in [-0.4, -0.2) is 35.3 Å². The van der Waals surface area contributed by atoms with Gasteiger partial charge in [0.1, 0.15) is 6.61 Å². The summed E-state index contributed by atoms with van der Waals surface area (Å²) < 4.78 is 39.2. The van der Waals surface area contributed by atoms with Crippen molar-refractivity contribution in [3.8, 4) is 11.5 Å². The van der Waals surface area contributed by atoms with Crippen molar-refractivity contribution in [3.05, 3.63) is 22.6 Å². The second-order valence-electron chi connectivity index (χ2n) is 3.97. The molecule has 1 aromatic rings. The third-order valence-corrected chi connectivity index (χ3v) is 4.68. The predicted octanol–water partition coefficient (Wildman–Crippen LogP) is 1.95. The average Bonchev–Trinajstić information content (AvgIpc) is 2.76. The fourth-order valence-corrected chi connectivity index (χ4v) is 3.34. The number of fused-ring (bicyclic) bond motifs is 1. The molecule has 1 heterocycles. The Labute approximate surface area is 129 Å². The quantitative estimate of drug-likeness (QED) is 0.905. The van der Waals surface area contributed by atoms with E-state index in [0.717, 1.165) is 0 Å². The maximum atomic E-state index is 12.3. The first-order valence-electron chi connectivity index (χ1n) is 6.54. The Balaban J connectivity index is 0.00000116. The van der Waals surface area contributed by atoms with Crippen LogP contribution in [-0.2, 0) is 14.6 Å². The van der Waals surface area contributed by atoms with Gasteiger partial charge in [-0.1, -0.05) is 13.8 Å². The molecule has 122 valence electrons. The average molecular weight is 329 g/mol. The molecule has 7 nitrogen and oxygen atoms in total. The molecule has 0 atom stereocenters. The molecule has 0 spiro atoms. The third-order valence-electron chi connectivity index (χ3n) is 2.82. The number of hydrogen-bond donors (Lipinski definition) is 1. The van der Waals surface area contributed by atoms with Crippen LogP contribution in [0, 0.1) is 0 Å². The normalized spacial score (nSPS) is 14.1. The zero-order chi connectivity index (χ0) is 16.9. The van der Waals surface area contributed by atoms with E-state index in [1.807, 2.05) is 13.8 Å². The zero-order valence-corrected chi connectivity index (χ0v) is 13.7. The van der Waals surface area contributed by atoms with E-state index >= 15 is 0 Å². The molecule has 0 fully saturated rings. The minimum Gasteiger partial charge on any atom is -0.493 e. The molecule has 0 saturated carbocycles. The summed E-state index contributed by atoms with van der Waals surface area (Å²) in [6.45, 7) is 3.59.